The van der Waals surface area contributed by atoms with Crippen LogP contribution in [-0.4, -0.2) is 57.5 Å². The highest BCUT2D eigenvalue weighted by atomic mass is 16.5. The van der Waals surface area contributed by atoms with Gasteiger partial charge in [-0.1, -0.05) is 13.2 Å². The summed E-state index contributed by atoms with van der Waals surface area (Å²) in [5, 5.41) is 31.0. The van der Waals surface area contributed by atoms with Gasteiger partial charge in [0, 0.05) is 12.2 Å². The van der Waals surface area contributed by atoms with Gasteiger partial charge in [-0.25, -0.2) is 19.2 Å². The van der Waals surface area contributed by atoms with Crippen molar-refractivity contribution in [1.82, 2.24) is 0 Å². The summed E-state index contributed by atoms with van der Waals surface area (Å²) in [7, 11) is 0. The van der Waals surface area contributed by atoms with Crippen LogP contribution in [0.15, 0.2) is 25.3 Å². The van der Waals surface area contributed by atoms with E-state index in [-0.39, 0.29) is 0 Å². The van der Waals surface area contributed by atoms with E-state index in [1.54, 1.807) is 0 Å². The Bertz CT molecular complexity index is 300. The molecule has 0 unspecified atom stereocenters. The molecule has 9 nitrogen and oxygen atoms in total. The van der Waals surface area contributed by atoms with Gasteiger partial charge in [-0.15, -0.1) is 0 Å². The van der Waals surface area contributed by atoms with Crippen molar-refractivity contribution in [2.45, 2.75) is 0 Å². The second-order valence-electron chi connectivity index (χ2n) is 2.36. The molecule has 0 amide bonds. The van der Waals surface area contributed by atoms with Gasteiger partial charge in [-0.05, 0) is 0 Å². The Hall–Kier alpha value is -2.68. The minimum absolute atomic E-state index is 0.563. The highest BCUT2D eigenvalue weighted by Crippen LogP contribution is 1.73. The van der Waals surface area contributed by atoms with E-state index in [2.05, 4.69) is 17.9 Å². The smallest absolute Gasteiger partial charge is 0.329 e. The third-order valence-electron chi connectivity index (χ3n) is 0.800. The molecule has 108 valence electrons. The van der Waals surface area contributed by atoms with Crippen LogP contribution in [-0.2, 0) is 23.9 Å². The van der Waals surface area contributed by atoms with Gasteiger partial charge >= 0.3 is 23.9 Å². The van der Waals surface area contributed by atoms with Crippen molar-refractivity contribution < 1.29 is 44.3 Å². The van der Waals surface area contributed by atoms with Gasteiger partial charge in [0.2, 0.25) is 0 Å². The maximum Gasteiger partial charge on any atom is 0.329 e. The molecule has 9 heteroatoms. The number of ether oxygens (including phenoxy) is 1. The van der Waals surface area contributed by atoms with Crippen molar-refractivity contribution in [2.24, 2.45) is 0 Å². The molecule has 4 N–H and O–H groups in total. The fourth-order valence-corrected chi connectivity index (χ4v) is 0.226. The van der Waals surface area contributed by atoms with E-state index in [9.17, 15) is 19.2 Å². The maximum atomic E-state index is 9.66. The number of carboxylic acids is 4. The number of rotatable bonds is 6. The molecule has 0 aliphatic carbocycles. The van der Waals surface area contributed by atoms with E-state index in [0.29, 0.717) is 0 Å². The van der Waals surface area contributed by atoms with Gasteiger partial charge in [0.1, 0.15) is 13.2 Å². The Labute approximate surface area is 108 Å². The van der Waals surface area contributed by atoms with Crippen LogP contribution >= 0.6 is 0 Å². The minimum Gasteiger partial charge on any atom is -0.480 e. The van der Waals surface area contributed by atoms with Gasteiger partial charge in [-0.3, -0.25) is 0 Å². The SMILES string of the molecule is C=CC(=O)O.C=CC(=O)O.O=C(O)COCC(=O)O. The van der Waals surface area contributed by atoms with Gasteiger partial charge in [0.25, 0.3) is 0 Å². The molecule has 0 fully saturated rings. The third kappa shape index (κ3) is 50.7. The van der Waals surface area contributed by atoms with Crippen molar-refractivity contribution in [3.8, 4) is 0 Å². The zero-order chi connectivity index (χ0) is 15.8. The van der Waals surface area contributed by atoms with Crippen LogP contribution in [0, 0.1) is 0 Å². The van der Waals surface area contributed by atoms with Crippen LogP contribution in [0.4, 0.5) is 0 Å². The largest absolute Gasteiger partial charge is 0.480 e. The standard InChI is InChI=1S/C4H6O5.2C3H4O2/c5-3(6)1-9-2-4(7)8;2*1-2-3(4)5/h1-2H2,(H,5,6)(H,7,8);2*2H,1H2,(H,4,5). The van der Waals surface area contributed by atoms with E-state index < -0.39 is 37.1 Å². The molecule has 0 saturated carbocycles. The van der Waals surface area contributed by atoms with Crippen molar-refractivity contribution >= 4 is 23.9 Å². The summed E-state index contributed by atoms with van der Waals surface area (Å²) in [6.45, 7) is 4.79. The monoisotopic (exact) mass is 278 g/mol. The lowest BCUT2D eigenvalue weighted by Gasteiger charge is -1.92. The molecule has 0 aliphatic rings. The lowest BCUT2D eigenvalue weighted by molar-refractivity contribution is -0.148. The number of carbonyl (C=O) groups is 4. The minimum atomic E-state index is -1.17. The Balaban J connectivity index is -0.000000219. The first-order valence-corrected chi connectivity index (χ1v) is 4.39. The molecule has 0 bridgehead atoms. The third-order valence-corrected chi connectivity index (χ3v) is 0.800. The average Bonchev–Trinajstić information content (AvgIpc) is 2.29. The Morgan fingerprint density at radius 1 is 0.789 bits per heavy atom. The normalized spacial score (nSPS) is 7.58. The van der Waals surface area contributed by atoms with Crippen molar-refractivity contribution in [3.05, 3.63) is 25.3 Å². The van der Waals surface area contributed by atoms with Gasteiger partial charge < -0.3 is 25.2 Å². The van der Waals surface area contributed by atoms with Crippen LogP contribution in [0.25, 0.3) is 0 Å². The molecule has 0 atom stereocenters. The molecule has 0 radical (unpaired) electrons. The summed E-state index contributed by atoms with van der Waals surface area (Å²) < 4.78 is 4.16. The van der Waals surface area contributed by atoms with E-state index in [1.807, 2.05) is 0 Å². The van der Waals surface area contributed by atoms with E-state index in [1.165, 1.54) is 0 Å². The van der Waals surface area contributed by atoms with Crippen LogP contribution in [0.2, 0.25) is 0 Å². The molecule has 0 aromatic rings. The number of hydrogen-bond acceptors (Lipinski definition) is 5. The van der Waals surface area contributed by atoms with Crippen LogP contribution < -0.4 is 0 Å². The Morgan fingerprint density at radius 3 is 1.11 bits per heavy atom. The van der Waals surface area contributed by atoms with Crippen LogP contribution in [0.5, 0.6) is 0 Å². The fourth-order valence-electron chi connectivity index (χ4n) is 0.226. The first kappa shape index (κ1) is 21.6. The lowest BCUT2D eigenvalue weighted by Crippen LogP contribution is -2.13. The lowest BCUT2D eigenvalue weighted by atomic mass is 10.7. The zero-order valence-electron chi connectivity index (χ0n) is 9.81. The van der Waals surface area contributed by atoms with Crippen molar-refractivity contribution in [3.63, 3.8) is 0 Å². The van der Waals surface area contributed by atoms with Crippen molar-refractivity contribution in [1.29, 1.82) is 0 Å². The number of hydrogen-bond donors (Lipinski definition) is 4. The van der Waals surface area contributed by atoms with Gasteiger partial charge in [0.05, 0.1) is 0 Å². The molecule has 19 heavy (non-hydrogen) atoms. The highest BCUT2D eigenvalue weighted by molar-refractivity contribution is 5.79. The Kier molecular flexibility index (Phi) is 17.4. The summed E-state index contributed by atoms with van der Waals surface area (Å²) in [4.78, 5) is 37.8. The van der Waals surface area contributed by atoms with E-state index >= 15 is 0 Å². The van der Waals surface area contributed by atoms with Crippen LogP contribution in [0.1, 0.15) is 0 Å². The summed E-state index contributed by atoms with van der Waals surface area (Å²) in [6.07, 6.45) is 1.67. The maximum absolute atomic E-state index is 9.66. The van der Waals surface area contributed by atoms with Gasteiger partial charge in [-0.2, -0.15) is 0 Å². The summed E-state index contributed by atoms with van der Waals surface area (Å²) >= 11 is 0. The predicted molar refractivity (Wildman–Crippen MR) is 61.8 cm³/mol. The highest BCUT2D eigenvalue weighted by Gasteiger charge is 1.99. The Morgan fingerprint density at radius 2 is 1.00 bits per heavy atom. The summed E-state index contributed by atoms with van der Waals surface area (Å²) in [5.74, 6) is -4.30. The molecular formula is C10H14O9. The van der Waals surface area contributed by atoms with E-state index in [0.717, 1.165) is 12.2 Å². The summed E-state index contributed by atoms with van der Waals surface area (Å²) in [5.41, 5.74) is 0. The molecular weight excluding hydrogens is 264 g/mol. The summed E-state index contributed by atoms with van der Waals surface area (Å²) in [6, 6.07) is 0. The molecule has 0 spiro atoms. The first-order valence-electron chi connectivity index (χ1n) is 4.39. The molecule has 0 aliphatic heterocycles. The molecule has 0 heterocycles. The predicted octanol–water partition coefficient (Wildman–Crippen LogP) is -0.314. The second-order valence-corrected chi connectivity index (χ2v) is 2.36. The zero-order valence-corrected chi connectivity index (χ0v) is 9.81. The van der Waals surface area contributed by atoms with Gasteiger partial charge in [0.15, 0.2) is 0 Å². The van der Waals surface area contributed by atoms with Crippen molar-refractivity contribution in [2.75, 3.05) is 13.2 Å². The molecule has 0 aromatic carbocycles. The molecule has 0 rings (SSSR count). The quantitative estimate of drug-likeness (QED) is 0.478. The molecule has 0 aromatic heterocycles. The average molecular weight is 278 g/mol. The first-order chi connectivity index (χ1) is 8.67. The number of aliphatic carboxylic acids is 4. The second kappa shape index (κ2) is 15.3. The van der Waals surface area contributed by atoms with Crippen LogP contribution in [0.3, 0.4) is 0 Å². The topological polar surface area (TPSA) is 158 Å². The van der Waals surface area contributed by atoms with E-state index in [4.69, 9.17) is 20.4 Å². The number of carboxylic acid groups (broad SMARTS) is 4. The molecule has 0 saturated heterocycles. The fraction of sp³-hybridized carbons (Fsp3) is 0.200.